The zero-order valence-electron chi connectivity index (χ0n) is 10.7. The predicted octanol–water partition coefficient (Wildman–Crippen LogP) is 2.90. The number of rotatable bonds is 3. The van der Waals surface area contributed by atoms with E-state index >= 15 is 0 Å². The molecule has 1 aromatic heterocycles. The Hall–Kier alpha value is -0.830. The van der Waals surface area contributed by atoms with Crippen LogP contribution in [0.25, 0.3) is 0 Å². The van der Waals surface area contributed by atoms with E-state index in [0.717, 1.165) is 30.6 Å². The molecule has 2 saturated carbocycles. The minimum atomic E-state index is 0.00891. The molecule has 0 radical (unpaired) electrons. The van der Waals surface area contributed by atoms with Gasteiger partial charge in [-0.05, 0) is 37.0 Å². The minimum absolute atomic E-state index is 0.00891. The van der Waals surface area contributed by atoms with Crippen molar-refractivity contribution in [2.45, 2.75) is 45.6 Å². The average molecular weight is 267 g/mol. The van der Waals surface area contributed by atoms with Gasteiger partial charge in [0.15, 0.2) is 0 Å². The van der Waals surface area contributed by atoms with Crippen molar-refractivity contribution in [3.05, 3.63) is 27.4 Å². The van der Waals surface area contributed by atoms with Gasteiger partial charge < -0.3 is 0 Å². The van der Waals surface area contributed by atoms with Crippen molar-refractivity contribution in [1.29, 1.82) is 0 Å². The predicted molar refractivity (Wildman–Crippen MR) is 71.8 cm³/mol. The van der Waals surface area contributed by atoms with Gasteiger partial charge in [-0.2, -0.15) is 0 Å². The van der Waals surface area contributed by atoms with E-state index in [1.165, 1.54) is 31.7 Å². The first-order valence-electron chi connectivity index (χ1n) is 6.93. The first-order chi connectivity index (χ1) is 8.67. The summed E-state index contributed by atoms with van der Waals surface area (Å²) in [6.45, 7) is 2.86. The second kappa shape index (κ2) is 4.69. The molecule has 2 fully saturated rings. The molecule has 0 amide bonds. The molecule has 0 N–H and O–H groups in total. The lowest BCUT2D eigenvalue weighted by atomic mass is 9.89. The summed E-state index contributed by atoms with van der Waals surface area (Å²) in [6, 6.07) is 1.44. The molecule has 2 aliphatic rings. The van der Waals surface area contributed by atoms with Crippen LogP contribution in [0.15, 0.2) is 10.9 Å². The highest BCUT2D eigenvalue weighted by Gasteiger charge is 2.39. The number of aromatic nitrogens is 2. The smallest absolute Gasteiger partial charge is 0.254 e. The Balaban J connectivity index is 1.86. The average Bonchev–Trinajstić information content (AvgIpc) is 2.94. The number of nitrogens with zero attached hydrogens (tertiary/aromatic N) is 2. The maximum absolute atomic E-state index is 12.1. The van der Waals surface area contributed by atoms with Gasteiger partial charge in [-0.25, -0.2) is 4.98 Å². The van der Waals surface area contributed by atoms with E-state index in [1.54, 1.807) is 0 Å². The largest absolute Gasteiger partial charge is 0.296 e. The number of hydrogen-bond donors (Lipinski definition) is 0. The topological polar surface area (TPSA) is 34.9 Å². The number of hydrogen-bond acceptors (Lipinski definition) is 2. The molecule has 4 heteroatoms. The van der Waals surface area contributed by atoms with E-state index in [1.807, 2.05) is 11.5 Å². The molecule has 98 valence electrons. The molecule has 2 aliphatic carbocycles. The van der Waals surface area contributed by atoms with Crippen molar-refractivity contribution in [2.75, 3.05) is 0 Å². The van der Waals surface area contributed by atoms with Gasteiger partial charge in [0.25, 0.3) is 5.56 Å². The van der Waals surface area contributed by atoms with Crippen LogP contribution in [0.2, 0.25) is 5.15 Å². The van der Waals surface area contributed by atoms with Crippen molar-refractivity contribution >= 4 is 11.6 Å². The van der Waals surface area contributed by atoms with Crippen LogP contribution in [0.5, 0.6) is 0 Å². The van der Waals surface area contributed by atoms with Crippen LogP contribution >= 0.6 is 11.6 Å². The summed E-state index contributed by atoms with van der Waals surface area (Å²) in [4.78, 5) is 16.3. The molecule has 0 aromatic carbocycles. The van der Waals surface area contributed by atoms with E-state index in [4.69, 9.17) is 11.6 Å². The van der Waals surface area contributed by atoms with Crippen LogP contribution in [0.1, 0.15) is 38.4 Å². The molecule has 1 aromatic rings. The number of aryl methyl sites for hydroxylation is 1. The summed E-state index contributed by atoms with van der Waals surface area (Å²) in [7, 11) is 0. The molecular weight excluding hydrogens is 248 g/mol. The molecule has 3 nitrogen and oxygen atoms in total. The van der Waals surface area contributed by atoms with Gasteiger partial charge in [0.2, 0.25) is 0 Å². The van der Waals surface area contributed by atoms with Crippen LogP contribution in [-0.2, 0) is 13.0 Å². The summed E-state index contributed by atoms with van der Waals surface area (Å²) in [6.07, 6.45) is 6.18. The number of fused-ring (bicyclic) bond motifs is 2. The fourth-order valence-corrected chi connectivity index (χ4v) is 4.01. The van der Waals surface area contributed by atoms with E-state index < -0.39 is 0 Å². The maximum atomic E-state index is 12.1. The van der Waals surface area contributed by atoms with E-state index in [0.29, 0.717) is 11.1 Å². The quantitative estimate of drug-likeness (QED) is 0.789. The van der Waals surface area contributed by atoms with Crippen molar-refractivity contribution in [2.24, 2.45) is 17.8 Å². The van der Waals surface area contributed by atoms with E-state index in [2.05, 4.69) is 4.98 Å². The van der Waals surface area contributed by atoms with Crippen molar-refractivity contribution in [1.82, 2.24) is 9.55 Å². The Morgan fingerprint density at radius 3 is 2.89 bits per heavy atom. The third-order valence-electron chi connectivity index (χ3n) is 4.67. The molecule has 0 saturated heterocycles. The van der Waals surface area contributed by atoms with E-state index in [9.17, 15) is 4.79 Å². The molecule has 3 unspecified atom stereocenters. The summed E-state index contributed by atoms with van der Waals surface area (Å²) in [5.41, 5.74) is 0.00891. The highest BCUT2D eigenvalue weighted by Crippen LogP contribution is 2.48. The molecule has 2 bridgehead atoms. The third kappa shape index (κ3) is 2.09. The second-order valence-electron chi connectivity index (χ2n) is 5.73. The Kier molecular flexibility index (Phi) is 3.18. The molecular formula is C14H19ClN2O. The zero-order chi connectivity index (χ0) is 12.7. The van der Waals surface area contributed by atoms with Gasteiger partial charge in [0, 0.05) is 19.0 Å². The number of halogens is 1. The standard InChI is InChI=1S/C14H19ClN2O/c1-2-13-16-12(15)7-14(18)17(13)8-11-6-9-3-4-10(11)5-9/h7,9-11H,2-6,8H2,1H3. The summed E-state index contributed by atoms with van der Waals surface area (Å²) < 4.78 is 1.84. The molecule has 1 heterocycles. The molecule has 3 atom stereocenters. The maximum Gasteiger partial charge on any atom is 0.254 e. The molecule has 18 heavy (non-hydrogen) atoms. The van der Waals surface area contributed by atoms with Crippen LogP contribution in [-0.4, -0.2) is 9.55 Å². The Bertz CT molecular complexity index is 511. The monoisotopic (exact) mass is 266 g/mol. The van der Waals surface area contributed by atoms with Crippen LogP contribution < -0.4 is 5.56 Å². The highest BCUT2D eigenvalue weighted by molar-refractivity contribution is 6.29. The minimum Gasteiger partial charge on any atom is -0.296 e. The Morgan fingerprint density at radius 1 is 1.44 bits per heavy atom. The zero-order valence-corrected chi connectivity index (χ0v) is 11.5. The third-order valence-corrected chi connectivity index (χ3v) is 4.87. The van der Waals surface area contributed by atoms with Crippen molar-refractivity contribution < 1.29 is 0 Å². The highest BCUT2D eigenvalue weighted by atomic mass is 35.5. The lowest BCUT2D eigenvalue weighted by Gasteiger charge is -2.23. The van der Waals surface area contributed by atoms with Gasteiger partial charge in [-0.15, -0.1) is 0 Å². The summed E-state index contributed by atoms with van der Waals surface area (Å²) >= 11 is 5.86. The SMILES string of the molecule is CCc1nc(Cl)cc(=O)n1CC1CC2CCC1C2. The molecule has 0 aliphatic heterocycles. The summed E-state index contributed by atoms with van der Waals surface area (Å²) in [5, 5.41) is 0.320. The molecule has 3 rings (SSSR count). The van der Waals surface area contributed by atoms with Crippen molar-refractivity contribution in [3.8, 4) is 0 Å². The first kappa shape index (κ1) is 12.2. The normalized spacial score (nSPS) is 30.0. The lowest BCUT2D eigenvalue weighted by Crippen LogP contribution is -2.29. The Morgan fingerprint density at radius 2 is 2.28 bits per heavy atom. The van der Waals surface area contributed by atoms with Crippen molar-refractivity contribution in [3.63, 3.8) is 0 Å². The lowest BCUT2D eigenvalue weighted by molar-refractivity contribution is 0.288. The van der Waals surface area contributed by atoms with Gasteiger partial charge in [-0.3, -0.25) is 9.36 Å². The van der Waals surface area contributed by atoms with Gasteiger partial charge in [0.05, 0.1) is 0 Å². The van der Waals surface area contributed by atoms with Gasteiger partial charge in [-0.1, -0.05) is 24.9 Å². The van der Waals surface area contributed by atoms with Crippen LogP contribution in [0.4, 0.5) is 0 Å². The van der Waals surface area contributed by atoms with E-state index in [-0.39, 0.29) is 5.56 Å². The summed E-state index contributed by atoms with van der Waals surface area (Å²) in [5.74, 6) is 3.26. The van der Waals surface area contributed by atoms with Gasteiger partial charge in [0.1, 0.15) is 11.0 Å². The van der Waals surface area contributed by atoms with Crippen LogP contribution in [0.3, 0.4) is 0 Å². The second-order valence-corrected chi connectivity index (χ2v) is 6.12. The van der Waals surface area contributed by atoms with Gasteiger partial charge >= 0.3 is 0 Å². The fraction of sp³-hybridized carbons (Fsp3) is 0.714. The fourth-order valence-electron chi connectivity index (χ4n) is 3.82. The Labute approximate surface area is 112 Å². The first-order valence-corrected chi connectivity index (χ1v) is 7.31. The van der Waals surface area contributed by atoms with Crippen LogP contribution in [0, 0.1) is 17.8 Å². The molecule has 0 spiro atoms.